The molecule has 7 rings (SSSR count). The van der Waals surface area contributed by atoms with Crippen LogP contribution in [0.25, 0.3) is 5.57 Å². The highest BCUT2D eigenvalue weighted by molar-refractivity contribution is 5.88. The van der Waals surface area contributed by atoms with E-state index in [0.717, 1.165) is 51.9 Å². The molecule has 0 bridgehead atoms. The van der Waals surface area contributed by atoms with Crippen molar-refractivity contribution in [1.82, 2.24) is 15.5 Å². The maximum absolute atomic E-state index is 13.7. The number of allylic oxidation sites excluding steroid dienone is 2. The van der Waals surface area contributed by atoms with Gasteiger partial charge in [0.05, 0.1) is 5.56 Å². The van der Waals surface area contributed by atoms with Crippen molar-refractivity contribution in [3.8, 4) is 0 Å². The van der Waals surface area contributed by atoms with Gasteiger partial charge in [-0.1, -0.05) is 59.2 Å². The Morgan fingerprint density at radius 3 is 2.36 bits per heavy atom. The number of hydrogen-bond donors (Lipinski definition) is 3. The summed E-state index contributed by atoms with van der Waals surface area (Å²) in [5.74, 6) is 1.69. The molecule has 0 radical (unpaired) electrons. The largest absolute Gasteiger partial charge is 0.478 e. The number of rotatable bonds is 3. The van der Waals surface area contributed by atoms with Crippen LogP contribution in [0.4, 0.5) is 4.79 Å². The summed E-state index contributed by atoms with van der Waals surface area (Å²) in [7, 11) is 0. The lowest BCUT2D eigenvalue weighted by Crippen LogP contribution is -2.68. The number of amides is 2. The van der Waals surface area contributed by atoms with Gasteiger partial charge in [-0.2, -0.15) is 0 Å². The second-order valence-corrected chi connectivity index (χ2v) is 17.3. The minimum absolute atomic E-state index is 0.0219. The van der Waals surface area contributed by atoms with Crippen molar-refractivity contribution < 1.29 is 14.7 Å². The third kappa shape index (κ3) is 4.58. The zero-order valence-electron chi connectivity index (χ0n) is 28.5. The molecule has 3 N–H and O–H groups in total. The number of nitrogens with zero attached hydrogens (tertiary/aromatic N) is 1. The van der Waals surface area contributed by atoms with Crippen LogP contribution in [0.5, 0.6) is 0 Å². The first-order chi connectivity index (χ1) is 21.4. The standard InChI is InChI=1S/C39H57N3O3/c1-35(2)28(26-9-11-27(12-10-26)33(43)44)15-18-36(3)31(35)16-19-38(5)32(36)14-13-29-30-8-6-17-39(30,21-20-37(29,38)4)41-34(45)42-24-7-22-40-23-25-42/h9-12,15,29-32,40H,6-8,13-14,16-25H2,1-5H3,(H,41,45)(H,43,44)/t29?,30?,31?,32?,36?,37-,38-,39?/m1/s1. The molecule has 6 unspecified atom stereocenters. The first kappa shape index (κ1) is 31.3. The number of urea groups is 1. The van der Waals surface area contributed by atoms with E-state index in [1.807, 2.05) is 12.1 Å². The van der Waals surface area contributed by atoms with E-state index in [2.05, 4.69) is 56.2 Å². The molecule has 0 aromatic heterocycles. The summed E-state index contributed by atoms with van der Waals surface area (Å²) in [5, 5.41) is 16.6. The van der Waals surface area contributed by atoms with Crippen LogP contribution in [0, 0.1) is 45.3 Å². The fourth-order valence-electron chi connectivity index (χ4n) is 13.0. The maximum atomic E-state index is 13.7. The van der Waals surface area contributed by atoms with Gasteiger partial charge in [0.15, 0.2) is 0 Å². The second kappa shape index (κ2) is 10.9. The molecule has 8 atom stereocenters. The molecule has 1 saturated heterocycles. The van der Waals surface area contributed by atoms with Crippen molar-refractivity contribution in [2.45, 2.75) is 111 Å². The van der Waals surface area contributed by atoms with E-state index in [-0.39, 0.29) is 22.4 Å². The molecule has 0 spiro atoms. The number of nitrogens with one attached hydrogen (secondary N) is 2. The number of aromatic carboxylic acids is 1. The summed E-state index contributed by atoms with van der Waals surface area (Å²) < 4.78 is 0. The number of fused-ring (bicyclic) bond motifs is 7. The molecule has 1 aliphatic heterocycles. The smallest absolute Gasteiger partial charge is 0.335 e. The molecule has 1 heterocycles. The van der Waals surface area contributed by atoms with Crippen LogP contribution in [0.15, 0.2) is 30.3 Å². The molecule has 1 aromatic carbocycles. The highest BCUT2D eigenvalue weighted by Gasteiger charge is 2.69. The highest BCUT2D eigenvalue weighted by atomic mass is 16.4. The number of benzene rings is 1. The Bertz CT molecular complexity index is 1360. The van der Waals surface area contributed by atoms with Gasteiger partial charge in [-0.15, -0.1) is 0 Å². The number of hydrogen-bond acceptors (Lipinski definition) is 3. The fourth-order valence-corrected chi connectivity index (χ4v) is 13.0. The van der Waals surface area contributed by atoms with E-state index in [9.17, 15) is 14.7 Å². The molecule has 5 aliphatic carbocycles. The molecule has 246 valence electrons. The van der Waals surface area contributed by atoms with Gasteiger partial charge in [0, 0.05) is 25.2 Å². The van der Waals surface area contributed by atoms with Gasteiger partial charge in [-0.05, 0) is 139 Å². The number of carbonyl (C=O) groups is 2. The molecule has 4 saturated carbocycles. The topological polar surface area (TPSA) is 81.7 Å². The summed E-state index contributed by atoms with van der Waals surface area (Å²) in [5.41, 5.74) is 3.77. The zero-order valence-corrected chi connectivity index (χ0v) is 28.5. The normalized spacial score (nSPS) is 42.2. The Morgan fingerprint density at radius 2 is 1.60 bits per heavy atom. The lowest BCUT2D eigenvalue weighted by molar-refractivity contribution is -0.216. The summed E-state index contributed by atoms with van der Waals surface area (Å²) in [6.45, 7) is 16.5. The number of carboxylic acid groups (broad SMARTS) is 1. The van der Waals surface area contributed by atoms with Gasteiger partial charge in [0.2, 0.25) is 0 Å². The molecule has 6 aliphatic rings. The van der Waals surface area contributed by atoms with E-state index in [1.165, 1.54) is 56.1 Å². The number of carboxylic acids is 1. The Morgan fingerprint density at radius 1 is 0.822 bits per heavy atom. The zero-order chi connectivity index (χ0) is 31.8. The molecule has 2 amide bonds. The average molecular weight is 616 g/mol. The van der Waals surface area contributed by atoms with Crippen LogP contribution >= 0.6 is 0 Å². The summed E-state index contributed by atoms with van der Waals surface area (Å²) in [6.07, 6.45) is 15.8. The van der Waals surface area contributed by atoms with Crippen LogP contribution in [-0.4, -0.2) is 53.7 Å². The lowest BCUT2D eigenvalue weighted by atomic mass is 9.33. The highest BCUT2D eigenvalue weighted by Crippen LogP contribution is 2.76. The Kier molecular flexibility index (Phi) is 7.54. The quantitative estimate of drug-likeness (QED) is 0.322. The van der Waals surface area contributed by atoms with Crippen molar-refractivity contribution in [3.05, 3.63) is 41.5 Å². The van der Waals surface area contributed by atoms with Gasteiger partial charge in [0.25, 0.3) is 0 Å². The van der Waals surface area contributed by atoms with Crippen LogP contribution in [0.1, 0.15) is 121 Å². The predicted octanol–water partition coefficient (Wildman–Crippen LogP) is 7.99. The van der Waals surface area contributed by atoms with Gasteiger partial charge in [0.1, 0.15) is 0 Å². The maximum Gasteiger partial charge on any atom is 0.335 e. The second-order valence-electron chi connectivity index (χ2n) is 17.3. The van der Waals surface area contributed by atoms with Gasteiger partial charge in [-0.25, -0.2) is 9.59 Å². The van der Waals surface area contributed by atoms with Gasteiger partial charge < -0.3 is 20.6 Å². The molecule has 1 aromatic rings. The van der Waals surface area contributed by atoms with Crippen LogP contribution in [0.2, 0.25) is 0 Å². The van der Waals surface area contributed by atoms with E-state index >= 15 is 0 Å². The van der Waals surface area contributed by atoms with Crippen LogP contribution in [0.3, 0.4) is 0 Å². The predicted molar refractivity (Wildman–Crippen MR) is 180 cm³/mol. The number of carbonyl (C=O) groups excluding carboxylic acids is 1. The van der Waals surface area contributed by atoms with Crippen molar-refractivity contribution >= 4 is 17.6 Å². The summed E-state index contributed by atoms with van der Waals surface area (Å²) >= 11 is 0. The SMILES string of the molecule is CC1(C)C(c2ccc(C(=O)O)cc2)=CCC2(C)C1CC[C@]1(C)C2CCC2C3CCCC3(NC(=O)N3CCCNCC3)CC[C@]21C. The Hall–Kier alpha value is -2.34. The van der Waals surface area contributed by atoms with Crippen molar-refractivity contribution in [1.29, 1.82) is 0 Å². The van der Waals surface area contributed by atoms with Crippen LogP contribution in [-0.2, 0) is 0 Å². The van der Waals surface area contributed by atoms with Crippen LogP contribution < -0.4 is 10.6 Å². The molecule has 45 heavy (non-hydrogen) atoms. The Labute approximate surface area is 271 Å². The monoisotopic (exact) mass is 615 g/mol. The molecule has 5 fully saturated rings. The van der Waals surface area contributed by atoms with E-state index in [1.54, 1.807) is 12.1 Å². The van der Waals surface area contributed by atoms with E-state index in [4.69, 9.17) is 0 Å². The average Bonchev–Trinajstić information content (AvgIpc) is 3.21. The van der Waals surface area contributed by atoms with Crippen molar-refractivity contribution in [2.75, 3.05) is 26.2 Å². The Balaban J connectivity index is 1.15. The minimum Gasteiger partial charge on any atom is -0.478 e. The van der Waals surface area contributed by atoms with Crippen molar-refractivity contribution in [2.24, 2.45) is 45.3 Å². The third-order valence-electron chi connectivity index (χ3n) is 15.4. The molecule has 6 nitrogen and oxygen atoms in total. The molecule has 6 heteroatoms. The lowest BCUT2D eigenvalue weighted by Gasteiger charge is -2.72. The van der Waals surface area contributed by atoms with E-state index < -0.39 is 5.97 Å². The first-order valence-electron chi connectivity index (χ1n) is 18.2. The summed E-state index contributed by atoms with van der Waals surface area (Å²) in [4.78, 5) is 27.3. The minimum atomic E-state index is -0.864. The molecular weight excluding hydrogens is 558 g/mol. The first-order valence-corrected chi connectivity index (χ1v) is 18.2. The third-order valence-corrected chi connectivity index (χ3v) is 15.4. The van der Waals surface area contributed by atoms with E-state index in [0.29, 0.717) is 40.1 Å². The van der Waals surface area contributed by atoms with Gasteiger partial charge in [-0.3, -0.25) is 0 Å². The molecular formula is C39H57N3O3. The van der Waals surface area contributed by atoms with Crippen molar-refractivity contribution in [3.63, 3.8) is 0 Å². The summed E-state index contributed by atoms with van der Waals surface area (Å²) in [6, 6.07) is 7.77. The fraction of sp³-hybridized carbons (Fsp3) is 0.744. The van der Waals surface area contributed by atoms with Gasteiger partial charge >= 0.3 is 12.0 Å².